The maximum atomic E-state index is 12.7. The maximum Gasteiger partial charge on any atom is 0.255 e. The number of hydrogen-bond donors (Lipinski definition) is 1. The molecule has 0 aliphatic heterocycles. The third-order valence-corrected chi connectivity index (χ3v) is 5.91. The fraction of sp³-hybridized carbons (Fsp3) is 0.0833. The number of nitrogens with one attached hydrogen (secondary N) is 1. The lowest BCUT2D eigenvalue weighted by Gasteiger charge is -2.10. The summed E-state index contributed by atoms with van der Waals surface area (Å²) in [7, 11) is 1.60. The predicted octanol–water partition coefficient (Wildman–Crippen LogP) is 6.70. The number of hydrogen-bond acceptors (Lipinski definition) is 4. The van der Waals surface area contributed by atoms with Crippen LogP contribution >= 0.6 is 22.9 Å². The van der Waals surface area contributed by atoms with Crippen molar-refractivity contribution in [2.45, 2.75) is 6.92 Å². The quantitative estimate of drug-likeness (QED) is 0.380. The second-order valence-electron chi connectivity index (χ2n) is 6.73. The number of benzene rings is 3. The maximum absolute atomic E-state index is 12.7. The minimum atomic E-state index is -0.195. The minimum absolute atomic E-state index is 0.195. The zero-order valence-electron chi connectivity index (χ0n) is 16.5. The fourth-order valence-corrected chi connectivity index (χ4v) is 4.23. The third kappa shape index (κ3) is 4.22. The second kappa shape index (κ2) is 8.69. The molecule has 0 spiro atoms. The summed E-state index contributed by atoms with van der Waals surface area (Å²) >= 11 is 8.09. The predicted molar refractivity (Wildman–Crippen MR) is 124 cm³/mol. The van der Waals surface area contributed by atoms with Gasteiger partial charge in [0.15, 0.2) is 0 Å². The molecule has 1 heterocycles. The summed E-state index contributed by atoms with van der Waals surface area (Å²) in [6, 6.07) is 20.8. The van der Waals surface area contributed by atoms with Gasteiger partial charge in [0.1, 0.15) is 10.8 Å². The number of amides is 1. The van der Waals surface area contributed by atoms with Gasteiger partial charge in [-0.3, -0.25) is 4.79 Å². The SMILES string of the molecule is COc1ccc(C(=O)Nc2ccc(-c3csc(-c4ccccc4)n3)c(Cl)c2)c(C)c1. The number of thiazole rings is 1. The van der Waals surface area contributed by atoms with Crippen molar-refractivity contribution in [3.8, 4) is 27.6 Å². The number of halogens is 1. The van der Waals surface area contributed by atoms with Crippen molar-refractivity contribution in [2.75, 3.05) is 12.4 Å². The van der Waals surface area contributed by atoms with E-state index in [1.54, 1.807) is 36.6 Å². The number of aryl methyl sites for hydroxylation is 1. The van der Waals surface area contributed by atoms with Crippen LogP contribution < -0.4 is 10.1 Å². The Morgan fingerprint density at radius 2 is 1.87 bits per heavy atom. The van der Waals surface area contributed by atoms with E-state index in [9.17, 15) is 4.79 Å². The van der Waals surface area contributed by atoms with E-state index >= 15 is 0 Å². The van der Waals surface area contributed by atoms with Gasteiger partial charge in [0.25, 0.3) is 5.91 Å². The van der Waals surface area contributed by atoms with E-state index in [2.05, 4.69) is 5.32 Å². The Balaban J connectivity index is 1.54. The summed E-state index contributed by atoms with van der Waals surface area (Å²) in [6.45, 7) is 1.88. The van der Waals surface area contributed by atoms with Crippen molar-refractivity contribution < 1.29 is 9.53 Å². The van der Waals surface area contributed by atoms with Crippen LogP contribution in [0.1, 0.15) is 15.9 Å². The number of carbonyl (C=O) groups excluding carboxylic acids is 1. The van der Waals surface area contributed by atoms with Crippen LogP contribution in [0.2, 0.25) is 5.02 Å². The van der Waals surface area contributed by atoms with Crippen molar-refractivity contribution >= 4 is 34.5 Å². The molecule has 0 atom stereocenters. The molecule has 0 unspecified atom stereocenters. The van der Waals surface area contributed by atoms with Gasteiger partial charge in [0, 0.05) is 27.8 Å². The number of rotatable bonds is 5. The van der Waals surface area contributed by atoms with E-state index in [1.165, 1.54) is 0 Å². The number of nitrogens with zero attached hydrogens (tertiary/aromatic N) is 1. The lowest BCUT2D eigenvalue weighted by atomic mass is 10.1. The number of ether oxygens (including phenoxy) is 1. The molecule has 0 aliphatic rings. The van der Waals surface area contributed by atoms with Crippen LogP contribution in [-0.4, -0.2) is 18.0 Å². The van der Waals surface area contributed by atoms with E-state index in [0.29, 0.717) is 16.3 Å². The topological polar surface area (TPSA) is 51.2 Å². The smallest absolute Gasteiger partial charge is 0.255 e. The Labute approximate surface area is 184 Å². The highest BCUT2D eigenvalue weighted by atomic mass is 35.5. The molecule has 4 aromatic rings. The summed E-state index contributed by atoms with van der Waals surface area (Å²) < 4.78 is 5.19. The van der Waals surface area contributed by atoms with Gasteiger partial charge >= 0.3 is 0 Å². The number of aromatic nitrogens is 1. The van der Waals surface area contributed by atoms with E-state index in [0.717, 1.165) is 33.1 Å². The molecule has 0 saturated carbocycles. The van der Waals surface area contributed by atoms with Gasteiger partial charge in [-0.1, -0.05) is 41.9 Å². The van der Waals surface area contributed by atoms with Crippen LogP contribution in [0.4, 0.5) is 5.69 Å². The molecule has 0 aliphatic carbocycles. The normalized spacial score (nSPS) is 10.6. The van der Waals surface area contributed by atoms with E-state index in [4.69, 9.17) is 21.3 Å². The largest absolute Gasteiger partial charge is 0.497 e. The first-order chi connectivity index (χ1) is 14.5. The molecule has 0 radical (unpaired) electrons. The summed E-state index contributed by atoms with van der Waals surface area (Å²) in [5, 5.41) is 6.36. The van der Waals surface area contributed by atoms with Crippen LogP contribution in [0.15, 0.2) is 72.1 Å². The summed E-state index contributed by atoms with van der Waals surface area (Å²) in [5.74, 6) is 0.522. The molecule has 30 heavy (non-hydrogen) atoms. The standard InChI is InChI=1S/C24H19ClN2O2S/c1-15-12-18(29-2)9-11-19(15)23(28)26-17-8-10-20(21(25)13-17)22-14-30-24(27-22)16-6-4-3-5-7-16/h3-14H,1-2H3,(H,26,28). The van der Waals surface area contributed by atoms with Crippen LogP contribution in [0.5, 0.6) is 5.75 Å². The molecule has 4 rings (SSSR count). The van der Waals surface area contributed by atoms with Gasteiger partial charge in [-0.05, 0) is 48.9 Å². The van der Waals surface area contributed by atoms with Crippen molar-refractivity contribution in [1.82, 2.24) is 4.98 Å². The molecule has 1 amide bonds. The zero-order chi connectivity index (χ0) is 21.1. The average molecular weight is 435 g/mol. The third-order valence-electron chi connectivity index (χ3n) is 4.71. The molecule has 1 N–H and O–H groups in total. The van der Waals surface area contributed by atoms with Crippen molar-refractivity contribution in [3.05, 3.63) is 88.3 Å². The monoisotopic (exact) mass is 434 g/mol. The van der Waals surface area contributed by atoms with Gasteiger partial charge in [-0.2, -0.15) is 0 Å². The zero-order valence-corrected chi connectivity index (χ0v) is 18.1. The highest BCUT2D eigenvalue weighted by molar-refractivity contribution is 7.13. The van der Waals surface area contributed by atoms with Crippen LogP contribution in [0, 0.1) is 6.92 Å². The molecule has 0 saturated heterocycles. The van der Waals surface area contributed by atoms with Crippen molar-refractivity contribution in [1.29, 1.82) is 0 Å². The van der Waals surface area contributed by atoms with Gasteiger partial charge in [-0.15, -0.1) is 11.3 Å². The van der Waals surface area contributed by atoms with Crippen molar-refractivity contribution in [3.63, 3.8) is 0 Å². The Morgan fingerprint density at radius 3 is 2.57 bits per heavy atom. The minimum Gasteiger partial charge on any atom is -0.497 e. The number of methoxy groups -OCH3 is 1. The number of anilines is 1. The Bertz CT molecular complexity index is 1210. The molecule has 3 aromatic carbocycles. The molecular weight excluding hydrogens is 416 g/mol. The fourth-order valence-electron chi connectivity index (χ4n) is 3.13. The van der Waals surface area contributed by atoms with Gasteiger partial charge in [0.2, 0.25) is 0 Å². The molecular formula is C24H19ClN2O2S. The van der Waals surface area contributed by atoms with E-state index < -0.39 is 0 Å². The lowest BCUT2D eigenvalue weighted by molar-refractivity contribution is 0.102. The van der Waals surface area contributed by atoms with Crippen LogP contribution in [-0.2, 0) is 0 Å². The summed E-state index contributed by atoms with van der Waals surface area (Å²) in [5.41, 5.74) is 4.76. The molecule has 4 nitrogen and oxygen atoms in total. The Hall–Kier alpha value is -3.15. The first-order valence-electron chi connectivity index (χ1n) is 9.32. The Kier molecular flexibility index (Phi) is 5.84. The average Bonchev–Trinajstić information content (AvgIpc) is 3.24. The highest BCUT2D eigenvalue weighted by Gasteiger charge is 2.13. The van der Waals surface area contributed by atoms with Gasteiger partial charge in [0.05, 0.1) is 17.8 Å². The first kappa shape index (κ1) is 20.1. The van der Waals surface area contributed by atoms with Gasteiger partial charge < -0.3 is 10.1 Å². The lowest BCUT2D eigenvalue weighted by Crippen LogP contribution is -2.13. The number of carbonyl (C=O) groups is 1. The van der Waals surface area contributed by atoms with Crippen molar-refractivity contribution in [2.24, 2.45) is 0 Å². The van der Waals surface area contributed by atoms with Crippen LogP contribution in [0.3, 0.4) is 0 Å². The first-order valence-corrected chi connectivity index (χ1v) is 10.6. The summed E-state index contributed by atoms with van der Waals surface area (Å²) in [4.78, 5) is 17.4. The molecule has 0 fully saturated rings. The molecule has 1 aromatic heterocycles. The van der Waals surface area contributed by atoms with Crippen LogP contribution in [0.25, 0.3) is 21.8 Å². The Morgan fingerprint density at radius 1 is 1.07 bits per heavy atom. The highest BCUT2D eigenvalue weighted by Crippen LogP contribution is 2.34. The molecule has 150 valence electrons. The van der Waals surface area contributed by atoms with E-state index in [1.807, 2.05) is 60.8 Å². The summed E-state index contributed by atoms with van der Waals surface area (Å²) in [6.07, 6.45) is 0. The molecule has 6 heteroatoms. The molecule has 0 bridgehead atoms. The van der Waals surface area contributed by atoms with E-state index in [-0.39, 0.29) is 5.91 Å². The second-order valence-corrected chi connectivity index (χ2v) is 8.00. The van der Waals surface area contributed by atoms with Gasteiger partial charge in [-0.25, -0.2) is 4.98 Å².